The fourth-order valence-corrected chi connectivity index (χ4v) is 4.31. The van der Waals surface area contributed by atoms with Crippen molar-refractivity contribution in [1.82, 2.24) is 9.80 Å². The summed E-state index contributed by atoms with van der Waals surface area (Å²) in [5.41, 5.74) is 1.66. The summed E-state index contributed by atoms with van der Waals surface area (Å²) < 4.78 is 0. The van der Waals surface area contributed by atoms with Crippen molar-refractivity contribution in [3.63, 3.8) is 0 Å². The van der Waals surface area contributed by atoms with Gasteiger partial charge in [0.1, 0.15) is 0 Å². The third-order valence-corrected chi connectivity index (χ3v) is 6.03. The number of carbonyl (C=O) groups is 2. The summed E-state index contributed by atoms with van der Waals surface area (Å²) in [5, 5.41) is 10.3. The van der Waals surface area contributed by atoms with Crippen LogP contribution in [0.5, 0.6) is 0 Å². The largest absolute Gasteiger partial charge is 0.324 e. The number of nitrogens with zero attached hydrogens (tertiary/aromatic N) is 2. The molecule has 0 radical (unpaired) electrons. The van der Waals surface area contributed by atoms with Gasteiger partial charge in [-0.25, -0.2) is 0 Å². The number of nitrogens with one attached hydrogen (secondary N) is 2. The minimum Gasteiger partial charge on any atom is -0.324 e. The number of hydrogen-bond donors (Lipinski definition) is 2. The fraction of sp³-hybridized carbons (Fsp3) is 0.241. The molecule has 0 spiro atoms. The Hall–Kier alpha value is -3.74. The van der Waals surface area contributed by atoms with Crippen molar-refractivity contribution in [2.24, 2.45) is 0 Å². The van der Waals surface area contributed by atoms with Gasteiger partial charge in [-0.15, -0.1) is 0 Å². The number of hydrogen-bond acceptors (Lipinski definition) is 4. The molecule has 0 aliphatic heterocycles. The van der Waals surface area contributed by atoms with Crippen LogP contribution in [0.2, 0.25) is 0 Å². The zero-order valence-electron chi connectivity index (χ0n) is 20.3. The molecule has 2 amide bonds. The molecule has 6 nitrogen and oxygen atoms in total. The lowest BCUT2D eigenvalue weighted by molar-refractivity contribution is -0.117. The Bertz CT molecular complexity index is 1210. The zero-order chi connectivity index (χ0) is 24.6. The molecule has 0 fully saturated rings. The molecule has 35 heavy (non-hydrogen) atoms. The van der Waals surface area contributed by atoms with Gasteiger partial charge in [0.05, 0.1) is 13.1 Å². The molecule has 4 aromatic rings. The van der Waals surface area contributed by atoms with E-state index in [9.17, 15) is 9.59 Å². The number of carbonyl (C=O) groups excluding carboxylic acids is 2. The van der Waals surface area contributed by atoms with Crippen molar-refractivity contribution in [2.45, 2.75) is 6.42 Å². The lowest BCUT2D eigenvalue weighted by atomic mass is 10.1. The van der Waals surface area contributed by atoms with E-state index in [0.29, 0.717) is 13.1 Å². The van der Waals surface area contributed by atoms with Crippen molar-refractivity contribution in [2.75, 3.05) is 50.9 Å². The number of fused-ring (bicyclic) bond motifs is 2. The predicted molar refractivity (Wildman–Crippen MR) is 145 cm³/mol. The van der Waals surface area contributed by atoms with E-state index in [1.165, 1.54) is 0 Å². The molecule has 0 aliphatic rings. The molecule has 4 aromatic carbocycles. The number of benzene rings is 4. The van der Waals surface area contributed by atoms with Gasteiger partial charge in [0.25, 0.3) is 0 Å². The number of anilines is 2. The quantitative estimate of drug-likeness (QED) is 0.350. The van der Waals surface area contributed by atoms with Crippen LogP contribution < -0.4 is 10.6 Å². The monoisotopic (exact) mass is 468 g/mol. The number of likely N-dealkylation sites (N-methyl/N-ethyl adjacent to an activating group) is 2. The molecule has 0 atom stereocenters. The summed E-state index contributed by atoms with van der Waals surface area (Å²) in [4.78, 5) is 29.1. The second-order valence-electron chi connectivity index (χ2n) is 8.98. The minimum atomic E-state index is -0.0355. The molecule has 6 heteroatoms. The van der Waals surface area contributed by atoms with Crippen molar-refractivity contribution >= 4 is 44.7 Å². The Balaban J connectivity index is 1.19. The van der Waals surface area contributed by atoms with Gasteiger partial charge in [-0.1, -0.05) is 72.8 Å². The summed E-state index contributed by atoms with van der Waals surface area (Å²) in [6.45, 7) is 2.15. The zero-order valence-corrected chi connectivity index (χ0v) is 20.3. The molecule has 0 bridgehead atoms. The highest BCUT2D eigenvalue weighted by Gasteiger charge is 2.11. The first-order chi connectivity index (χ1) is 17.0. The standard InChI is InChI=1S/C29H32N4O2/c1-32(20-28(34)30-26-16-7-12-22-10-3-5-14-24(22)26)18-9-19-33(2)21-29(35)31-27-17-8-13-23-11-4-6-15-25(23)27/h3-8,10-17H,9,18-21H2,1-2H3,(H,30,34)(H,31,35). The molecular formula is C29H32N4O2. The molecule has 0 saturated carbocycles. The van der Waals surface area contributed by atoms with Gasteiger partial charge in [-0.2, -0.15) is 0 Å². The lowest BCUT2D eigenvalue weighted by Gasteiger charge is -2.20. The Morgan fingerprint density at radius 2 is 1.00 bits per heavy atom. The van der Waals surface area contributed by atoms with Gasteiger partial charge in [0, 0.05) is 22.1 Å². The topological polar surface area (TPSA) is 64.7 Å². The maximum atomic E-state index is 12.6. The third kappa shape index (κ3) is 6.66. The molecule has 180 valence electrons. The van der Waals surface area contributed by atoms with Crippen molar-refractivity contribution < 1.29 is 9.59 Å². The minimum absolute atomic E-state index is 0.0355. The Morgan fingerprint density at radius 1 is 0.600 bits per heavy atom. The summed E-state index contributed by atoms with van der Waals surface area (Å²) in [5.74, 6) is -0.0710. The molecule has 0 aliphatic carbocycles. The summed E-state index contributed by atoms with van der Waals surface area (Å²) in [6.07, 6.45) is 0.857. The van der Waals surface area contributed by atoms with E-state index in [1.54, 1.807) is 0 Å². The third-order valence-electron chi connectivity index (χ3n) is 6.03. The fourth-order valence-electron chi connectivity index (χ4n) is 4.31. The summed E-state index contributed by atoms with van der Waals surface area (Å²) in [7, 11) is 3.88. The first-order valence-corrected chi connectivity index (χ1v) is 11.9. The smallest absolute Gasteiger partial charge is 0.238 e. The highest BCUT2D eigenvalue weighted by atomic mass is 16.2. The van der Waals surface area contributed by atoms with E-state index >= 15 is 0 Å². The van der Waals surface area contributed by atoms with Gasteiger partial charge >= 0.3 is 0 Å². The van der Waals surface area contributed by atoms with Crippen LogP contribution in [0.4, 0.5) is 11.4 Å². The maximum Gasteiger partial charge on any atom is 0.238 e. The van der Waals surface area contributed by atoms with Crippen LogP contribution in [0.15, 0.2) is 84.9 Å². The average molecular weight is 469 g/mol. The van der Waals surface area contributed by atoms with E-state index in [2.05, 4.69) is 10.6 Å². The highest BCUT2D eigenvalue weighted by molar-refractivity contribution is 6.03. The predicted octanol–water partition coefficient (Wildman–Crippen LogP) is 4.82. The van der Waals surface area contributed by atoms with Crippen molar-refractivity contribution in [3.05, 3.63) is 84.9 Å². The maximum absolute atomic E-state index is 12.6. The van der Waals surface area contributed by atoms with Crippen LogP contribution in [0.3, 0.4) is 0 Å². The molecule has 0 unspecified atom stereocenters. The summed E-state index contributed by atoms with van der Waals surface area (Å²) >= 11 is 0. The second-order valence-corrected chi connectivity index (χ2v) is 8.98. The van der Waals surface area contributed by atoms with Crippen molar-refractivity contribution in [3.8, 4) is 0 Å². The summed E-state index contributed by atoms with van der Waals surface area (Å²) in [6, 6.07) is 27.9. The lowest BCUT2D eigenvalue weighted by Crippen LogP contribution is -2.34. The van der Waals surface area contributed by atoms with E-state index in [-0.39, 0.29) is 11.8 Å². The van der Waals surface area contributed by atoms with Crippen LogP contribution >= 0.6 is 0 Å². The first-order valence-electron chi connectivity index (χ1n) is 11.9. The molecule has 0 saturated heterocycles. The van der Waals surface area contributed by atoms with Gasteiger partial charge in [-0.3, -0.25) is 19.4 Å². The van der Waals surface area contributed by atoms with Gasteiger partial charge in [0.15, 0.2) is 0 Å². The van der Waals surface area contributed by atoms with Crippen LogP contribution in [0.1, 0.15) is 6.42 Å². The van der Waals surface area contributed by atoms with E-state index in [1.807, 2.05) is 109 Å². The van der Waals surface area contributed by atoms with E-state index in [0.717, 1.165) is 52.4 Å². The van der Waals surface area contributed by atoms with Crippen LogP contribution in [0, 0.1) is 0 Å². The number of amides is 2. The normalized spacial score (nSPS) is 11.3. The molecular weight excluding hydrogens is 436 g/mol. The molecule has 0 aromatic heterocycles. The number of rotatable bonds is 10. The Kier molecular flexibility index (Phi) is 8.08. The van der Waals surface area contributed by atoms with E-state index < -0.39 is 0 Å². The van der Waals surface area contributed by atoms with Crippen LogP contribution in [0.25, 0.3) is 21.5 Å². The first kappa shape index (κ1) is 24.4. The van der Waals surface area contributed by atoms with Crippen LogP contribution in [-0.4, -0.2) is 61.9 Å². The van der Waals surface area contributed by atoms with E-state index in [4.69, 9.17) is 0 Å². The second kappa shape index (κ2) is 11.6. The molecule has 4 rings (SSSR count). The van der Waals surface area contributed by atoms with Gasteiger partial charge in [0.2, 0.25) is 11.8 Å². The highest BCUT2D eigenvalue weighted by Crippen LogP contribution is 2.23. The molecule has 2 N–H and O–H groups in total. The SMILES string of the molecule is CN(CCCN(C)CC(=O)Nc1cccc2ccccc12)CC(=O)Nc1cccc2ccccc12. The van der Waals surface area contributed by atoms with Gasteiger partial charge < -0.3 is 10.6 Å². The molecule has 0 heterocycles. The van der Waals surface area contributed by atoms with Crippen LogP contribution in [-0.2, 0) is 9.59 Å². The Morgan fingerprint density at radius 3 is 1.46 bits per heavy atom. The average Bonchev–Trinajstić information content (AvgIpc) is 2.84. The van der Waals surface area contributed by atoms with Crippen molar-refractivity contribution in [1.29, 1.82) is 0 Å². The van der Waals surface area contributed by atoms with Gasteiger partial charge in [-0.05, 0) is 56.5 Å². The Labute approximate surface area is 206 Å².